The second kappa shape index (κ2) is 6.20. The summed E-state index contributed by atoms with van der Waals surface area (Å²) < 4.78 is 5.63. The number of hydrogen-bond acceptors (Lipinski definition) is 5. The second-order valence-corrected chi connectivity index (χ2v) is 7.02. The summed E-state index contributed by atoms with van der Waals surface area (Å²) in [6.45, 7) is 3.49. The number of hydrogen-bond donors (Lipinski definition) is 1. The van der Waals surface area contributed by atoms with Gasteiger partial charge < -0.3 is 10.1 Å². The molecule has 0 amide bonds. The highest BCUT2D eigenvalue weighted by Gasteiger charge is 2.26. The van der Waals surface area contributed by atoms with E-state index in [1.54, 1.807) is 0 Å². The summed E-state index contributed by atoms with van der Waals surface area (Å²) in [7, 11) is 0. The molecule has 1 aromatic heterocycles. The van der Waals surface area contributed by atoms with Crippen LogP contribution in [0.15, 0.2) is 47.2 Å². The molecule has 27 heavy (non-hydrogen) atoms. The first-order chi connectivity index (χ1) is 13.2. The van der Waals surface area contributed by atoms with Gasteiger partial charge in [0.2, 0.25) is 5.88 Å². The van der Waals surface area contributed by atoms with Gasteiger partial charge >= 0.3 is 0 Å². The third-order valence-electron chi connectivity index (χ3n) is 5.31. The highest BCUT2D eigenvalue weighted by atomic mass is 16.5. The number of ether oxygens (including phenoxy) is 1. The lowest BCUT2D eigenvalue weighted by Crippen LogP contribution is -2.20. The van der Waals surface area contributed by atoms with Crippen LogP contribution in [0.1, 0.15) is 23.1 Å². The van der Waals surface area contributed by atoms with Crippen molar-refractivity contribution in [2.45, 2.75) is 19.8 Å². The van der Waals surface area contributed by atoms with Crippen molar-refractivity contribution < 1.29 is 9.53 Å². The molecule has 0 radical (unpaired) electrons. The van der Waals surface area contributed by atoms with Gasteiger partial charge in [0.05, 0.1) is 0 Å². The van der Waals surface area contributed by atoms with Crippen LogP contribution in [-0.2, 0) is 11.2 Å². The first-order valence-corrected chi connectivity index (χ1v) is 9.16. The van der Waals surface area contributed by atoms with E-state index in [4.69, 9.17) is 4.74 Å². The third kappa shape index (κ3) is 2.67. The van der Waals surface area contributed by atoms with Crippen molar-refractivity contribution in [3.8, 4) is 17.0 Å². The summed E-state index contributed by atoms with van der Waals surface area (Å²) in [6, 6.07) is 6.25. The lowest BCUT2D eigenvalue weighted by atomic mass is 9.96. The van der Waals surface area contributed by atoms with E-state index in [1.165, 1.54) is 0 Å². The fraction of sp³-hybridized carbons (Fsp3) is 0.227. The van der Waals surface area contributed by atoms with Crippen LogP contribution in [0.5, 0.6) is 5.88 Å². The van der Waals surface area contributed by atoms with Crippen molar-refractivity contribution >= 4 is 23.3 Å². The van der Waals surface area contributed by atoms with E-state index >= 15 is 0 Å². The van der Waals surface area contributed by atoms with Gasteiger partial charge in [-0.1, -0.05) is 12.1 Å². The number of carbonyl (C=O) groups is 1. The Morgan fingerprint density at radius 3 is 3.04 bits per heavy atom. The average molecular weight is 357 g/mol. The number of aromatic nitrogens is 1. The van der Waals surface area contributed by atoms with E-state index in [9.17, 15) is 4.79 Å². The largest absolute Gasteiger partial charge is 0.474 e. The van der Waals surface area contributed by atoms with E-state index in [-0.39, 0.29) is 5.78 Å². The number of ketones is 1. The molecule has 0 atom stereocenters. The van der Waals surface area contributed by atoms with Crippen LogP contribution in [0.3, 0.4) is 0 Å². The molecular formula is C22H19N3O2. The molecule has 5 heteroatoms. The maximum absolute atomic E-state index is 12.6. The van der Waals surface area contributed by atoms with E-state index in [1.807, 2.05) is 24.7 Å². The lowest BCUT2D eigenvalue weighted by molar-refractivity contribution is -0.112. The van der Waals surface area contributed by atoms with Gasteiger partial charge in [-0.15, -0.1) is 0 Å². The van der Waals surface area contributed by atoms with Crippen molar-refractivity contribution in [1.82, 2.24) is 4.98 Å². The smallest absolute Gasteiger partial charge is 0.237 e. The Kier molecular flexibility index (Phi) is 3.67. The number of anilines is 1. The van der Waals surface area contributed by atoms with Crippen LogP contribution < -0.4 is 10.1 Å². The Labute approximate surface area is 157 Å². The van der Waals surface area contributed by atoms with Gasteiger partial charge in [-0.2, -0.15) is 0 Å². The van der Waals surface area contributed by atoms with E-state index in [0.29, 0.717) is 18.9 Å². The molecule has 1 aliphatic carbocycles. The van der Waals surface area contributed by atoms with Crippen molar-refractivity contribution in [2.24, 2.45) is 4.99 Å². The van der Waals surface area contributed by atoms with Crippen molar-refractivity contribution in [3.05, 3.63) is 58.9 Å². The van der Waals surface area contributed by atoms with Gasteiger partial charge in [-0.3, -0.25) is 9.79 Å². The summed E-state index contributed by atoms with van der Waals surface area (Å²) in [6.07, 6.45) is 8.78. The minimum atomic E-state index is 0.172. The predicted octanol–water partition coefficient (Wildman–Crippen LogP) is 3.73. The molecule has 0 spiro atoms. The number of allylic oxidation sites excluding steroid dienone is 3. The molecule has 134 valence electrons. The van der Waals surface area contributed by atoms with Crippen LogP contribution in [0.4, 0.5) is 5.69 Å². The maximum Gasteiger partial charge on any atom is 0.237 e. The molecule has 0 saturated carbocycles. The number of carbonyl (C=O) groups excluding carboxylic acids is 1. The molecular weight excluding hydrogens is 338 g/mol. The number of aliphatic imine (C=N–C) groups is 1. The third-order valence-corrected chi connectivity index (χ3v) is 5.31. The Bertz CT molecular complexity index is 1060. The van der Waals surface area contributed by atoms with Gasteiger partial charge in [0, 0.05) is 49.1 Å². The molecule has 0 bridgehead atoms. The molecule has 2 aromatic rings. The molecule has 1 aromatic carbocycles. The summed E-state index contributed by atoms with van der Waals surface area (Å²) >= 11 is 0. The quantitative estimate of drug-likeness (QED) is 0.832. The standard InChI is InChI=1S/C22H19N3O2/c1-13-19(12-25-22-21(13)24-6-7-27-22)15-2-3-16-10-20(26)18(17(16)9-15)8-14-4-5-23-11-14/h2-3,5,8-9,11-12,24H,4,6-7,10H2,1H3/b18-8-. The van der Waals surface area contributed by atoms with Crippen LogP contribution in [-0.4, -0.2) is 30.1 Å². The van der Waals surface area contributed by atoms with Crippen LogP contribution in [0.2, 0.25) is 0 Å². The Morgan fingerprint density at radius 1 is 1.26 bits per heavy atom. The molecule has 3 heterocycles. The normalized spacial score (nSPS) is 18.8. The van der Waals surface area contributed by atoms with Crippen molar-refractivity contribution in [2.75, 3.05) is 18.5 Å². The molecule has 0 fully saturated rings. The number of benzene rings is 1. The Morgan fingerprint density at radius 2 is 2.19 bits per heavy atom. The van der Waals surface area contributed by atoms with E-state index < -0.39 is 0 Å². The highest BCUT2D eigenvalue weighted by Crippen LogP contribution is 2.38. The highest BCUT2D eigenvalue weighted by molar-refractivity contribution is 6.26. The lowest BCUT2D eigenvalue weighted by Gasteiger charge is -2.21. The van der Waals surface area contributed by atoms with Gasteiger partial charge in [0.1, 0.15) is 12.3 Å². The molecule has 2 aliphatic heterocycles. The number of rotatable bonds is 2. The zero-order chi connectivity index (χ0) is 18.4. The van der Waals surface area contributed by atoms with Gasteiger partial charge in [-0.25, -0.2) is 4.98 Å². The Balaban J connectivity index is 1.59. The number of Topliss-reactive ketones (excluding diaryl/α,β-unsaturated/α-hetero) is 1. The molecule has 5 nitrogen and oxygen atoms in total. The average Bonchev–Trinajstić information content (AvgIpc) is 3.31. The summed E-state index contributed by atoms with van der Waals surface area (Å²) in [5.74, 6) is 0.831. The minimum absolute atomic E-state index is 0.172. The number of nitrogens with zero attached hydrogens (tertiary/aromatic N) is 2. The summed E-state index contributed by atoms with van der Waals surface area (Å²) in [4.78, 5) is 21.2. The van der Waals surface area contributed by atoms with E-state index in [2.05, 4.69) is 40.4 Å². The maximum atomic E-state index is 12.6. The first kappa shape index (κ1) is 16.0. The molecule has 0 saturated heterocycles. The number of pyridine rings is 1. The molecule has 0 unspecified atom stereocenters. The molecule has 3 aliphatic rings. The summed E-state index contributed by atoms with van der Waals surface area (Å²) in [5, 5.41) is 3.38. The first-order valence-electron chi connectivity index (χ1n) is 9.16. The van der Waals surface area contributed by atoms with Gasteiger partial charge in [0.25, 0.3) is 0 Å². The molecule has 5 rings (SSSR count). The van der Waals surface area contributed by atoms with Gasteiger partial charge in [-0.05, 0) is 46.9 Å². The SMILES string of the molecule is Cc1c(-c2ccc3c(c2)/C(=C/C2=CN=CC2)C(=O)C3)cnc2c1NCCO2. The van der Waals surface area contributed by atoms with Crippen LogP contribution >= 0.6 is 0 Å². The predicted molar refractivity (Wildman–Crippen MR) is 106 cm³/mol. The van der Waals surface area contributed by atoms with Gasteiger partial charge in [0.15, 0.2) is 5.78 Å². The fourth-order valence-corrected chi connectivity index (χ4v) is 3.88. The zero-order valence-electron chi connectivity index (χ0n) is 15.1. The minimum Gasteiger partial charge on any atom is -0.474 e. The van der Waals surface area contributed by atoms with Crippen molar-refractivity contribution in [1.29, 1.82) is 0 Å². The fourth-order valence-electron chi connectivity index (χ4n) is 3.88. The topological polar surface area (TPSA) is 63.6 Å². The number of nitrogens with one attached hydrogen (secondary N) is 1. The van der Waals surface area contributed by atoms with Crippen LogP contribution in [0.25, 0.3) is 16.7 Å². The Hall–Kier alpha value is -3.21. The van der Waals surface area contributed by atoms with Crippen molar-refractivity contribution in [3.63, 3.8) is 0 Å². The van der Waals surface area contributed by atoms with E-state index in [0.717, 1.165) is 57.6 Å². The number of fused-ring (bicyclic) bond motifs is 2. The zero-order valence-corrected chi connectivity index (χ0v) is 15.1. The van der Waals surface area contributed by atoms with Crippen LogP contribution in [0, 0.1) is 6.92 Å². The second-order valence-electron chi connectivity index (χ2n) is 7.02. The monoisotopic (exact) mass is 357 g/mol. The summed E-state index contributed by atoms with van der Waals surface area (Å²) in [5.41, 5.74) is 8.15. The molecule has 1 N–H and O–H groups in total.